The van der Waals surface area contributed by atoms with E-state index in [2.05, 4.69) is 15.8 Å². The van der Waals surface area contributed by atoms with Crippen LogP contribution < -0.4 is 10.7 Å². The summed E-state index contributed by atoms with van der Waals surface area (Å²) in [6.45, 7) is 5.91. The zero-order chi connectivity index (χ0) is 13.8. The normalized spacial score (nSPS) is 11.9. The smallest absolute Gasteiger partial charge is 0.187 e. The summed E-state index contributed by atoms with van der Waals surface area (Å²) >= 11 is 5.10. The molecule has 5 heteroatoms. The molecule has 100 valence electrons. The van der Waals surface area contributed by atoms with E-state index in [0.717, 1.165) is 22.4 Å². The van der Waals surface area contributed by atoms with Crippen molar-refractivity contribution >= 4 is 34.0 Å². The molecule has 0 spiro atoms. The first-order valence-corrected chi connectivity index (χ1v) is 6.57. The summed E-state index contributed by atoms with van der Waals surface area (Å²) in [6.07, 6.45) is 0. The molecule has 0 bridgehead atoms. The van der Waals surface area contributed by atoms with Gasteiger partial charge in [0.2, 0.25) is 0 Å². The quantitative estimate of drug-likeness (QED) is 0.513. The maximum Gasteiger partial charge on any atom is 0.187 e. The third-order valence-corrected chi connectivity index (χ3v) is 2.74. The number of hydrogen-bond donors (Lipinski definition) is 2. The molecule has 0 radical (unpaired) electrons. The van der Waals surface area contributed by atoms with Crippen molar-refractivity contribution in [3.05, 3.63) is 36.1 Å². The van der Waals surface area contributed by atoms with Gasteiger partial charge in [-0.2, -0.15) is 5.10 Å². The van der Waals surface area contributed by atoms with Gasteiger partial charge in [-0.15, -0.1) is 0 Å². The van der Waals surface area contributed by atoms with Gasteiger partial charge in [-0.25, -0.2) is 0 Å². The third-order valence-electron chi connectivity index (χ3n) is 2.53. The van der Waals surface area contributed by atoms with Gasteiger partial charge >= 0.3 is 0 Å². The fraction of sp³-hybridized carbons (Fsp3) is 0.286. The zero-order valence-corrected chi connectivity index (χ0v) is 12.0. The second kappa shape index (κ2) is 5.84. The molecule has 0 saturated carbocycles. The van der Waals surface area contributed by atoms with Crippen LogP contribution in [0.2, 0.25) is 0 Å². The van der Waals surface area contributed by atoms with Crippen LogP contribution in [0.1, 0.15) is 26.5 Å². The van der Waals surface area contributed by atoms with E-state index in [4.69, 9.17) is 16.6 Å². The molecule has 0 aliphatic carbocycles. The Morgan fingerprint density at radius 2 is 2.05 bits per heavy atom. The molecular formula is C14H17N3OS. The molecule has 2 rings (SSSR count). The van der Waals surface area contributed by atoms with E-state index in [-0.39, 0.29) is 6.04 Å². The van der Waals surface area contributed by atoms with Crippen LogP contribution in [0, 0.1) is 0 Å². The highest BCUT2D eigenvalue weighted by Crippen LogP contribution is 2.19. The van der Waals surface area contributed by atoms with Gasteiger partial charge < -0.3 is 9.73 Å². The summed E-state index contributed by atoms with van der Waals surface area (Å²) in [7, 11) is 0. The molecule has 0 aliphatic rings. The molecule has 4 nitrogen and oxygen atoms in total. The lowest BCUT2D eigenvalue weighted by Crippen LogP contribution is -2.37. The number of fused-ring (bicyclic) bond motifs is 1. The van der Waals surface area contributed by atoms with Crippen molar-refractivity contribution in [1.29, 1.82) is 0 Å². The van der Waals surface area contributed by atoms with Crippen molar-refractivity contribution in [3.8, 4) is 0 Å². The lowest BCUT2D eigenvalue weighted by atomic mass is 10.2. The van der Waals surface area contributed by atoms with Gasteiger partial charge in [0.05, 0.1) is 0 Å². The Balaban J connectivity index is 2.10. The number of rotatable bonds is 3. The predicted molar refractivity (Wildman–Crippen MR) is 82.4 cm³/mol. The van der Waals surface area contributed by atoms with Gasteiger partial charge in [-0.05, 0) is 45.1 Å². The van der Waals surface area contributed by atoms with Gasteiger partial charge in [0.1, 0.15) is 11.3 Å². The summed E-state index contributed by atoms with van der Waals surface area (Å²) in [6, 6.07) is 10.1. The standard InChI is InChI=1S/C14H17N3OS/c1-9(2)15-14(19)17-16-10(3)13-8-11-6-4-5-7-12(11)18-13/h4-9H,1-3H3,(H2,15,17,19)/b16-10-. The highest BCUT2D eigenvalue weighted by molar-refractivity contribution is 7.80. The molecule has 1 aromatic heterocycles. The minimum atomic E-state index is 0.279. The number of thiocarbonyl (C=S) groups is 1. The van der Waals surface area contributed by atoms with Gasteiger partial charge in [0.15, 0.2) is 10.9 Å². The molecule has 0 saturated heterocycles. The van der Waals surface area contributed by atoms with E-state index in [1.807, 2.05) is 51.1 Å². The van der Waals surface area contributed by atoms with E-state index in [9.17, 15) is 0 Å². The van der Waals surface area contributed by atoms with Gasteiger partial charge in [-0.1, -0.05) is 18.2 Å². The molecule has 1 aromatic carbocycles. The van der Waals surface area contributed by atoms with Crippen LogP contribution in [0.25, 0.3) is 11.0 Å². The first-order chi connectivity index (χ1) is 9.06. The van der Waals surface area contributed by atoms with E-state index in [0.29, 0.717) is 5.11 Å². The summed E-state index contributed by atoms with van der Waals surface area (Å²) < 4.78 is 5.71. The van der Waals surface area contributed by atoms with Gasteiger partial charge in [0.25, 0.3) is 0 Å². The number of hydrogen-bond acceptors (Lipinski definition) is 3. The number of nitrogens with one attached hydrogen (secondary N) is 2. The predicted octanol–water partition coefficient (Wildman–Crippen LogP) is 3.03. The average molecular weight is 275 g/mol. The van der Waals surface area contributed by atoms with Gasteiger partial charge in [-0.3, -0.25) is 5.43 Å². The molecule has 0 amide bonds. The molecular weight excluding hydrogens is 258 g/mol. The Bertz CT molecular complexity index is 583. The Hall–Kier alpha value is -1.88. The summed E-state index contributed by atoms with van der Waals surface area (Å²) in [5, 5.41) is 8.84. The van der Waals surface area contributed by atoms with Crippen molar-refractivity contribution in [2.24, 2.45) is 5.10 Å². The lowest BCUT2D eigenvalue weighted by molar-refractivity contribution is 0.603. The number of benzene rings is 1. The van der Waals surface area contributed by atoms with Crippen LogP contribution in [0.5, 0.6) is 0 Å². The summed E-state index contributed by atoms with van der Waals surface area (Å²) in [5.41, 5.74) is 4.42. The van der Waals surface area contributed by atoms with Crippen LogP contribution in [-0.2, 0) is 0 Å². The highest BCUT2D eigenvalue weighted by Gasteiger charge is 2.06. The van der Waals surface area contributed by atoms with Crippen LogP contribution in [0.3, 0.4) is 0 Å². The molecule has 19 heavy (non-hydrogen) atoms. The Labute approximate surface area is 117 Å². The second-order valence-corrected chi connectivity index (χ2v) is 4.99. The van der Waals surface area contributed by atoms with Crippen molar-refractivity contribution in [2.75, 3.05) is 0 Å². The first-order valence-electron chi connectivity index (χ1n) is 6.16. The summed E-state index contributed by atoms with van der Waals surface area (Å²) in [5.74, 6) is 0.737. The first kappa shape index (κ1) is 13.5. The average Bonchev–Trinajstić information content (AvgIpc) is 2.78. The van der Waals surface area contributed by atoms with Crippen LogP contribution >= 0.6 is 12.2 Å². The van der Waals surface area contributed by atoms with Crippen LogP contribution in [0.4, 0.5) is 0 Å². The molecule has 0 fully saturated rings. The molecule has 0 atom stereocenters. The Morgan fingerprint density at radius 3 is 2.74 bits per heavy atom. The number of para-hydroxylation sites is 1. The molecule has 0 unspecified atom stereocenters. The number of furan rings is 1. The molecule has 1 heterocycles. The topological polar surface area (TPSA) is 49.6 Å². The van der Waals surface area contributed by atoms with Crippen molar-refractivity contribution in [2.45, 2.75) is 26.8 Å². The molecule has 2 aromatic rings. The Morgan fingerprint density at radius 1 is 1.32 bits per heavy atom. The monoisotopic (exact) mass is 275 g/mol. The second-order valence-electron chi connectivity index (χ2n) is 4.59. The minimum absolute atomic E-state index is 0.279. The summed E-state index contributed by atoms with van der Waals surface area (Å²) in [4.78, 5) is 0. The molecule has 0 aliphatic heterocycles. The fourth-order valence-electron chi connectivity index (χ4n) is 1.64. The van der Waals surface area contributed by atoms with Crippen molar-refractivity contribution in [3.63, 3.8) is 0 Å². The van der Waals surface area contributed by atoms with Crippen molar-refractivity contribution < 1.29 is 4.42 Å². The third kappa shape index (κ3) is 3.54. The van der Waals surface area contributed by atoms with Crippen molar-refractivity contribution in [1.82, 2.24) is 10.7 Å². The number of nitrogens with zero attached hydrogens (tertiary/aromatic N) is 1. The van der Waals surface area contributed by atoms with E-state index >= 15 is 0 Å². The van der Waals surface area contributed by atoms with E-state index in [1.54, 1.807) is 0 Å². The van der Waals surface area contributed by atoms with E-state index < -0.39 is 0 Å². The number of hydrazone groups is 1. The maximum absolute atomic E-state index is 5.71. The SMILES string of the molecule is C/C(=N/NC(=S)NC(C)C)c1cc2ccccc2o1. The van der Waals surface area contributed by atoms with Crippen LogP contribution in [-0.4, -0.2) is 16.9 Å². The minimum Gasteiger partial charge on any atom is -0.455 e. The molecule has 2 N–H and O–H groups in total. The Kier molecular flexibility index (Phi) is 4.16. The lowest BCUT2D eigenvalue weighted by Gasteiger charge is -2.09. The zero-order valence-electron chi connectivity index (χ0n) is 11.2. The van der Waals surface area contributed by atoms with E-state index in [1.165, 1.54) is 0 Å². The van der Waals surface area contributed by atoms with Gasteiger partial charge in [0, 0.05) is 11.4 Å². The maximum atomic E-state index is 5.71. The fourth-order valence-corrected chi connectivity index (χ4v) is 1.93. The van der Waals surface area contributed by atoms with Crippen LogP contribution in [0.15, 0.2) is 39.9 Å². The highest BCUT2D eigenvalue weighted by atomic mass is 32.1. The largest absolute Gasteiger partial charge is 0.455 e.